The topological polar surface area (TPSA) is 21.3 Å². The van der Waals surface area contributed by atoms with Gasteiger partial charge in [0.25, 0.3) is 0 Å². The molecule has 0 aliphatic carbocycles. The summed E-state index contributed by atoms with van der Waals surface area (Å²) in [6.45, 7) is 6.68. The van der Waals surface area contributed by atoms with Crippen molar-refractivity contribution < 1.29 is 4.74 Å². The minimum Gasteiger partial charge on any atom is -0.382 e. The molecular weight excluding hydrogens is 334 g/mol. The molecule has 0 unspecified atom stereocenters. The van der Waals surface area contributed by atoms with Crippen molar-refractivity contribution in [3.8, 4) is 0 Å². The molecule has 0 aromatic heterocycles. The Morgan fingerprint density at radius 3 is 2.75 bits per heavy atom. The second kappa shape index (κ2) is 7.30. The molecule has 0 radical (unpaired) electrons. The quantitative estimate of drug-likeness (QED) is 0.772. The van der Waals surface area contributed by atoms with Crippen LogP contribution in [0.4, 0.5) is 5.69 Å². The number of halogens is 2. The Bertz CT molecular complexity index is 329. The third-order valence-corrected chi connectivity index (χ3v) is 3.13. The monoisotopic (exact) mass is 349 g/mol. The molecule has 1 N–H and O–H groups in total. The first-order valence-corrected chi connectivity index (χ1v) is 6.95. The molecular formula is C12H17Br2NO. The predicted molar refractivity (Wildman–Crippen MR) is 76.0 cm³/mol. The van der Waals surface area contributed by atoms with E-state index in [0.29, 0.717) is 5.92 Å². The Labute approximate surface area is 114 Å². The highest BCUT2D eigenvalue weighted by Crippen LogP contribution is 2.25. The van der Waals surface area contributed by atoms with E-state index in [9.17, 15) is 0 Å². The first kappa shape index (κ1) is 14.0. The van der Waals surface area contributed by atoms with Crippen LogP contribution in [0.2, 0.25) is 0 Å². The van der Waals surface area contributed by atoms with Crippen molar-refractivity contribution >= 4 is 37.5 Å². The van der Waals surface area contributed by atoms with Gasteiger partial charge < -0.3 is 10.1 Å². The first-order valence-electron chi connectivity index (χ1n) is 5.36. The van der Waals surface area contributed by atoms with Crippen molar-refractivity contribution in [1.29, 1.82) is 0 Å². The molecule has 0 aliphatic heterocycles. The maximum atomic E-state index is 5.50. The van der Waals surface area contributed by atoms with Crippen molar-refractivity contribution in [2.45, 2.75) is 13.8 Å². The summed E-state index contributed by atoms with van der Waals surface area (Å²) in [4.78, 5) is 0. The van der Waals surface area contributed by atoms with Crippen LogP contribution in [0.3, 0.4) is 0 Å². The fraction of sp³-hybridized carbons (Fsp3) is 0.500. The molecule has 0 saturated carbocycles. The number of ether oxygens (including phenoxy) is 1. The zero-order chi connectivity index (χ0) is 12.0. The number of rotatable bonds is 6. The van der Waals surface area contributed by atoms with E-state index in [1.807, 2.05) is 18.2 Å². The van der Waals surface area contributed by atoms with Crippen LogP contribution in [0.15, 0.2) is 27.1 Å². The van der Waals surface area contributed by atoms with Gasteiger partial charge >= 0.3 is 0 Å². The highest BCUT2D eigenvalue weighted by atomic mass is 79.9. The SMILES string of the molecule is CC(C)COCCNc1cc(Br)ccc1Br. The van der Waals surface area contributed by atoms with Crippen molar-refractivity contribution in [1.82, 2.24) is 0 Å². The number of anilines is 1. The summed E-state index contributed by atoms with van der Waals surface area (Å²) in [5.41, 5.74) is 1.09. The van der Waals surface area contributed by atoms with Gasteiger partial charge in [0, 0.05) is 27.8 Å². The maximum absolute atomic E-state index is 5.50. The highest BCUT2D eigenvalue weighted by Gasteiger charge is 2.00. The van der Waals surface area contributed by atoms with Crippen molar-refractivity contribution in [2.24, 2.45) is 5.92 Å². The van der Waals surface area contributed by atoms with Gasteiger partial charge in [-0.25, -0.2) is 0 Å². The fourth-order valence-electron chi connectivity index (χ4n) is 1.21. The van der Waals surface area contributed by atoms with Crippen LogP contribution >= 0.6 is 31.9 Å². The van der Waals surface area contributed by atoms with Gasteiger partial charge in [0.1, 0.15) is 0 Å². The van der Waals surface area contributed by atoms with Crippen molar-refractivity contribution in [3.63, 3.8) is 0 Å². The van der Waals surface area contributed by atoms with E-state index >= 15 is 0 Å². The van der Waals surface area contributed by atoms with Crippen LogP contribution in [-0.2, 0) is 4.74 Å². The van der Waals surface area contributed by atoms with Gasteiger partial charge in [0.15, 0.2) is 0 Å². The van der Waals surface area contributed by atoms with Crippen LogP contribution in [0, 0.1) is 5.92 Å². The lowest BCUT2D eigenvalue weighted by atomic mass is 10.2. The molecule has 4 heteroatoms. The molecule has 90 valence electrons. The summed E-state index contributed by atoms with van der Waals surface area (Å²) >= 11 is 6.94. The van der Waals surface area contributed by atoms with Crippen LogP contribution < -0.4 is 5.32 Å². The van der Waals surface area contributed by atoms with Crippen LogP contribution in [0.5, 0.6) is 0 Å². The molecule has 0 atom stereocenters. The molecule has 16 heavy (non-hydrogen) atoms. The van der Waals surface area contributed by atoms with E-state index in [1.54, 1.807) is 0 Å². The average molecular weight is 351 g/mol. The van der Waals surface area contributed by atoms with Gasteiger partial charge in [-0.05, 0) is 40.0 Å². The van der Waals surface area contributed by atoms with Gasteiger partial charge in [0.05, 0.1) is 6.61 Å². The second-order valence-electron chi connectivity index (χ2n) is 4.02. The predicted octanol–water partition coefficient (Wildman–Crippen LogP) is 4.30. The molecule has 1 rings (SSSR count). The fourth-order valence-corrected chi connectivity index (χ4v) is 1.96. The lowest BCUT2D eigenvalue weighted by Gasteiger charge is -2.10. The normalized spacial score (nSPS) is 10.8. The van der Waals surface area contributed by atoms with E-state index in [-0.39, 0.29) is 0 Å². The third kappa shape index (κ3) is 5.32. The van der Waals surface area contributed by atoms with E-state index < -0.39 is 0 Å². The van der Waals surface area contributed by atoms with Gasteiger partial charge in [-0.15, -0.1) is 0 Å². The Morgan fingerprint density at radius 2 is 2.06 bits per heavy atom. The lowest BCUT2D eigenvalue weighted by molar-refractivity contribution is 0.118. The Morgan fingerprint density at radius 1 is 1.31 bits per heavy atom. The molecule has 1 aromatic carbocycles. The molecule has 0 heterocycles. The number of hydrogen-bond acceptors (Lipinski definition) is 2. The Hall–Kier alpha value is -0.0600. The van der Waals surface area contributed by atoms with Crippen molar-refractivity contribution in [2.75, 3.05) is 25.1 Å². The molecule has 0 bridgehead atoms. The summed E-state index contributed by atoms with van der Waals surface area (Å²) in [5.74, 6) is 0.595. The Kier molecular flexibility index (Phi) is 6.39. The van der Waals surface area contributed by atoms with E-state index in [2.05, 4.69) is 51.0 Å². The zero-order valence-corrected chi connectivity index (χ0v) is 12.8. The Balaban J connectivity index is 2.29. The van der Waals surface area contributed by atoms with Gasteiger partial charge in [-0.3, -0.25) is 0 Å². The van der Waals surface area contributed by atoms with Gasteiger partial charge in [-0.1, -0.05) is 29.8 Å². The zero-order valence-electron chi connectivity index (χ0n) is 9.59. The standard InChI is InChI=1S/C12H17Br2NO/c1-9(2)8-16-6-5-15-12-7-10(13)3-4-11(12)14/h3-4,7,9,15H,5-6,8H2,1-2H3. The summed E-state index contributed by atoms with van der Waals surface area (Å²) in [6, 6.07) is 6.07. The lowest BCUT2D eigenvalue weighted by Crippen LogP contribution is -2.12. The minimum absolute atomic E-state index is 0.595. The highest BCUT2D eigenvalue weighted by molar-refractivity contribution is 9.11. The number of benzene rings is 1. The third-order valence-electron chi connectivity index (χ3n) is 1.94. The van der Waals surface area contributed by atoms with Crippen LogP contribution in [-0.4, -0.2) is 19.8 Å². The largest absolute Gasteiger partial charge is 0.382 e. The maximum Gasteiger partial charge on any atom is 0.0639 e. The van der Waals surface area contributed by atoms with Crippen LogP contribution in [0.25, 0.3) is 0 Å². The molecule has 0 aliphatic rings. The summed E-state index contributed by atoms with van der Waals surface area (Å²) in [7, 11) is 0. The summed E-state index contributed by atoms with van der Waals surface area (Å²) < 4.78 is 7.64. The molecule has 0 saturated heterocycles. The summed E-state index contributed by atoms with van der Waals surface area (Å²) in [6.07, 6.45) is 0. The van der Waals surface area contributed by atoms with Crippen molar-refractivity contribution in [3.05, 3.63) is 27.1 Å². The minimum atomic E-state index is 0.595. The first-order chi connectivity index (χ1) is 7.59. The molecule has 2 nitrogen and oxygen atoms in total. The van der Waals surface area contributed by atoms with E-state index in [4.69, 9.17) is 4.74 Å². The summed E-state index contributed by atoms with van der Waals surface area (Å²) in [5, 5.41) is 3.33. The van der Waals surface area contributed by atoms with Gasteiger partial charge in [0.2, 0.25) is 0 Å². The molecule has 0 amide bonds. The van der Waals surface area contributed by atoms with Gasteiger partial charge in [-0.2, -0.15) is 0 Å². The smallest absolute Gasteiger partial charge is 0.0639 e. The molecule has 0 spiro atoms. The second-order valence-corrected chi connectivity index (χ2v) is 5.79. The van der Waals surface area contributed by atoms with E-state index in [1.165, 1.54) is 0 Å². The number of hydrogen-bond donors (Lipinski definition) is 1. The number of nitrogens with one attached hydrogen (secondary N) is 1. The molecule has 0 fully saturated rings. The average Bonchev–Trinajstić information content (AvgIpc) is 2.22. The van der Waals surface area contributed by atoms with E-state index in [0.717, 1.165) is 34.4 Å². The van der Waals surface area contributed by atoms with Crippen LogP contribution in [0.1, 0.15) is 13.8 Å². The molecule has 1 aromatic rings.